The molecule has 0 aliphatic carbocycles. The van der Waals surface area contributed by atoms with E-state index in [1.165, 1.54) is 6.33 Å². The standard InChI is InChI=1S/C24H23Cl2N7O/c1-14(2)32-24(11-27-12-24)23(34)31-20-19-22(29-13-28-20)33(16-9-7-15(25)8-10-16)21(30-19)17-5-3-4-6-18(17)26/h3-10,13-14,27,32H,11-12H2,1-2H3,(H,28,29,31,34). The fourth-order valence-corrected chi connectivity index (χ4v) is 4.47. The molecular weight excluding hydrogens is 473 g/mol. The van der Waals surface area contributed by atoms with Crippen LogP contribution in [0.15, 0.2) is 54.9 Å². The molecule has 1 saturated heterocycles. The quantitative estimate of drug-likeness (QED) is 0.373. The summed E-state index contributed by atoms with van der Waals surface area (Å²) in [5.41, 5.74) is 1.85. The van der Waals surface area contributed by atoms with Gasteiger partial charge < -0.3 is 10.6 Å². The lowest BCUT2D eigenvalue weighted by Gasteiger charge is -2.42. The van der Waals surface area contributed by atoms with Crippen molar-refractivity contribution in [1.29, 1.82) is 0 Å². The highest BCUT2D eigenvalue weighted by atomic mass is 35.5. The van der Waals surface area contributed by atoms with Gasteiger partial charge in [0.15, 0.2) is 17.0 Å². The number of carbonyl (C=O) groups excluding carboxylic acids is 1. The minimum Gasteiger partial charge on any atom is -0.312 e. The fraction of sp³-hybridized carbons (Fsp3) is 0.250. The maximum absolute atomic E-state index is 13.3. The van der Waals surface area contributed by atoms with E-state index in [1.807, 2.05) is 54.8 Å². The van der Waals surface area contributed by atoms with E-state index in [9.17, 15) is 4.79 Å². The summed E-state index contributed by atoms with van der Waals surface area (Å²) >= 11 is 12.7. The van der Waals surface area contributed by atoms with Crippen molar-refractivity contribution in [2.45, 2.75) is 25.4 Å². The Morgan fingerprint density at radius 2 is 1.82 bits per heavy atom. The second-order valence-electron chi connectivity index (χ2n) is 8.56. The third kappa shape index (κ3) is 4.03. The van der Waals surface area contributed by atoms with E-state index in [4.69, 9.17) is 28.2 Å². The number of fused-ring (bicyclic) bond motifs is 1. The molecule has 0 saturated carbocycles. The van der Waals surface area contributed by atoms with Crippen LogP contribution in [0.2, 0.25) is 10.0 Å². The van der Waals surface area contributed by atoms with Gasteiger partial charge in [-0.3, -0.25) is 14.7 Å². The number of nitrogens with one attached hydrogen (secondary N) is 3. The van der Waals surface area contributed by atoms with Gasteiger partial charge in [0, 0.05) is 35.4 Å². The molecule has 0 unspecified atom stereocenters. The average Bonchev–Trinajstić information content (AvgIpc) is 3.17. The van der Waals surface area contributed by atoms with Crippen molar-refractivity contribution in [3.63, 3.8) is 0 Å². The van der Waals surface area contributed by atoms with Gasteiger partial charge in [0.2, 0.25) is 5.91 Å². The predicted molar refractivity (Wildman–Crippen MR) is 135 cm³/mol. The number of anilines is 1. The summed E-state index contributed by atoms with van der Waals surface area (Å²) in [6.45, 7) is 5.10. The molecule has 8 nitrogen and oxygen atoms in total. The van der Waals surface area contributed by atoms with Crippen LogP contribution in [0.4, 0.5) is 5.82 Å². The molecule has 0 atom stereocenters. The van der Waals surface area contributed by atoms with Crippen LogP contribution < -0.4 is 16.0 Å². The lowest BCUT2D eigenvalue weighted by molar-refractivity contribution is -0.124. The number of rotatable bonds is 6. The van der Waals surface area contributed by atoms with Crippen molar-refractivity contribution in [3.8, 4) is 17.1 Å². The van der Waals surface area contributed by atoms with Crippen LogP contribution in [0.1, 0.15) is 13.8 Å². The minimum absolute atomic E-state index is 0.147. The molecule has 4 aromatic rings. The average molecular weight is 496 g/mol. The molecule has 2 aromatic heterocycles. The van der Waals surface area contributed by atoms with Gasteiger partial charge in [-0.15, -0.1) is 0 Å². The van der Waals surface area contributed by atoms with Gasteiger partial charge in [-0.2, -0.15) is 0 Å². The summed E-state index contributed by atoms with van der Waals surface area (Å²) in [5.74, 6) is 0.757. The minimum atomic E-state index is -0.699. The molecule has 0 radical (unpaired) electrons. The van der Waals surface area contributed by atoms with E-state index >= 15 is 0 Å². The zero-order valence-electron chi connectivity index (χ0n) is 18.6. The SMILES string of the molecule is CC(C)NC1(C(=O)Nc2ncnc3c2nc(-c2ccccc2Cl)n3-c2ccc(Cl)cc2)CNC1. The molecule has 174 valence electrons. The number of imidazole rings is 1. The Bertz CT molecular complexity index is 1360. The summed E-state index contributed by atoms with van der Waals surface area (Å²) in [6, 6.07) is 15.0. The number of nitrogens with zero attached hydrogens (tertiary/aromatic N) is 4. The number of carbonyl (C=O) groups is 1. The Balaban J connectivity index is 1.65. The molecule has 1 aliphatic rings. The topological polar surface area (TPSA) is 96.8 Å². The first-order chi connectivity index (χ1) is 16.4. The van der Waals surface area contributed by atoms with Crippen molar-refractivity contribution >= 4 is 46.1 Å². The highest BCUT2D eigenvalue weighted by Gasteiger charge is 2.45. The summed E-state index contributed by atoms with van der Waals surface area (Å²) in [5, 5.41) is 10.7. The zero-order valence-corrected chi connectivity index (χ0v) is 20.2. The Morgan fingerprint density at radius 3 is 2.47 bits per heavy atom. The van der Waals surface area contributed by atoms with Gasteiger partial charge in [0.25, 0.3) is 0 Å². The largest absolute Gasteiger partial charge is 0.312 e. The van der Waals surface area contributed by atoms with Gasteiger partial charge in [-0.05, 0) is 50.2 Å². The second kappa shape index (κ2) is 8.96. The van der Waals surface area contributed by atoms with Crippen LogP contribution in [0, 0.1) is 0 Å². The molecule has 10 heteroatoms. The Labute approximate surface area is 206 Å². The maximum atomic E-state index is 13.3. The second-order valence-corrected chi connectivity index (χ2v) is 9.40. The summed E-state index contributed by atoms with van der Waals surface area (Å²) in [6.07, 6.45) is 1.42. The lowest BCUT2D eigenvalue weighted by Crippen LogP contribution is -2.74. The molecule has 34 heavy (non-hydrogen) atoms. The third-order valence-corrected chi connectivity index (χ3v) is 6.31. The molecule has 2 aromatic carbocycles. The van der Waals surface area contributed by atoms with Crippen LogP contribution in [0.3, 0.4) is 0 Å². The van der Waals surface area contributed by atoms with Crippen molar-refractivity contribution in [2.24, 2.45) is 0 Å². The molecule has 0 spiro atoms. The summed E-state index contributed by atoms with van der Waals surface area (Å²) in [4.78, 5) is 27.0. The number of hydrogen-bond donors (Lipinski definition) is 3. The van der Waals surface area contributed by atoms with Crippen LogP contribution >= 0.6 is 23.2 Å². The van der Waals surface area contributed by atoms with Crippen LogP contribution in [-0.4, -0.2) is 50.1 Å². The highest BCUT2D eigenvalue weighted by Crippen LogP contribution is 2.34. The molecule has 1 aliphatic heterocycles. The zero-order chi connectivity index (χ0) is 23.9. The number of benzene rings is 2. The normalized spacial score (nSPS) is 14.9. The Morgan fingerprint density at radius 1 is 1.09 bits per heavy atom. The summed E-state index contributed by atoms with van der Waals surface area (Å²) < 4.78 is 1.89. The first-order valence-electron chi connectivity index (χ1n) is 10.9. The van der Waals surface area contributed by atoms with Crippen LogP contribution in [0.25, 0.3) is 28.2 Å². The number of aromatic nitrogens is 4. The molecule has 3 heterocycles. The third-order valence-electron chi connectivity index (χ3n) is 5.73. The van der Waals surface area contributed by atoms with E-state index in [0.717, 1.165) is 11.3 Å². The molecule has 5 rings (SSSR count). The van der Waals surface area contributed by atoms with Crippen molar-refractivity contribution in [3.05, 3.63) is 64.9 Å². The molecule has 0 bridgehead atoms. The van der Waals surface area contributed by atoms with Crippen molar-refractivity contribution in [1.82, 2.24) is 30.2 Å². The predicted octanol–water partition coefficient (Wildman–Crippen LogP) is 4.07. The van der Waals surface area contributed by atoms with Crippen LogP contribution in [-0.2, 0) is 4.79 Å². The first kappa shape index (κ1) is 22.7. The first-order valence-corrected chi connectivity index (χ1v) is 11.7. The lowest BCUT2D eigenvalue weighted by atomic mass is 9.90. The van der Waals surface area contributed by atoms with Crippen molar-refractivity contribution in [2.75, 3.05) is 18.4 Å². The van der Waals surface area contributed by atoms with Crippen molar-refractivity contribution < 1.29 is 4.79 Å². The summed E-state index contributed by atoms with van der Waals surface area (Å²) in [7, 11) is 0. The van der Waals surface area contributed by atoms with E-state index in [1.54, 1.807) is 12.1 Å². The molecule has 3 N–H and O–H groups in total. The number of amides is 1. The van der Waals surface area contributed by atoms with Gasteiger partial charge in [0.1, 0.15) is 17.7 Å². The number of halogens is 2. The molecular formula is C24H23Cl2N7O. The Kier molecular flexibility index (Phi) is 5.99. The van der Waals surface area contributed by atoms with Gasteiger partial charge in [-0.1, -0.05) is 35.3 Å². The number of hydrogen-bond acceptors (Lipinski definition) is 6. The van der Waals surface area contributed by atoms with Gasteiger partial charge in [-0.25, -0.2) is 15.0 Å². The van der Waals surface area contributed by atoms with Crippen LogP contribution in [0.5, 0.6) is 0 Å². The van der Waals surface area contributed by atoms with Gasteiger partial charge >= 0.3 is 0 Å². The molecule has 1 amide bonds. The smallest absolute Gasteiger partial charge is 0.248 e. The molecule has 1 fully saturated rings. The monoisotopic (exact) mass is 495 g/mol. The van der Waals surface area contributed by atoms with E-state index in [0.29, 0.717) is 45.9 Å². The van der Waals surface area contributed by atoms with Gasteiger partial charge in [0.05, 0.1) is 5.02 Å². The fourth-order valence-electron chi connectivity index (χ4n) is 4.12. The highest BCUT2D eigenvalue weighted by molar-refractivity contribution is 6.33. The van der Waals surface area contributed by atoms with E-state index < -0.39 is 5.54 Å². The maximum Gasteiger partial charge on any atom is 0.248 e. The Hall–Kier alpha value is -3.04. The van der Waals surface area contributed by atoms with E-state index in [2.05, 4.69) is 25.9 Å². The van der Waals surface area contributed by atoms with E-state index in [-0.39, 0.29) is 11.9 Å².